The molecule has 7 nitrogen and oxygen atoms in total. The summed E-state index contributed by atoms with van der Waals surface area (Å²) < 4.78 is 6.80. The highest BCUT2D eigenvalue weighted by molar-refractivity contribution is 5.89. The largest absolute Gasteiger partial charge is 0.364 e. The Hall–Kier alpha value is -4.00. The lowest BCUT2D eigenvalue weighted by Crippen LogP contribution is -2.07. The highest BCUT2D eigenvalue weighted by atomic mass is 16.5. The van der Waals surface area contributed by atoms with Crippen LogP contribution in [0.2, 0.25) is 0 Å². The van der Waals surface area contributed by atoms with Crippen molar-refractivity contribution in [1.82, 2.24) is 24.7 Å². The van der Waals surface area contributed by atoms with Crippen molar-refractivity contribution < 1.29 is 4.52 Å². The molecule has 4 heterocycles. The molecule has 5 rings (SSSR count). The molecule has 0 bridgehead atoms. The maximum Gasteiger partial charge on any atom is 0.183 e. The predicted octanol–water partition coefficient (Wildman–Crippen LogP) is 4.37. The predicted molar refractivity (Wildman–Crippen MR) is 110 cm³/mol. The van der Waals surface area contributed by atoms with Gasteiger partial charge in [-0.25, -0.2) is 9.50 Å². The minimum atomic E-state index is 0.494. The molecule has 0 aliphatic heterocycles. The number of anilines is 1. The number of nitrogens with zero attached hydrogens (tertiary/aromatic N) is 5. The Morgan fingerprint density at radius 3 is 2.72 bits per heavy atom. The molecular formula is C22H18N6O. The number of pyridine rings is 1. The Morgan fingerprint density at radius 1 is 1.03 bits per heavy atom. The summed E-state index contributed by atoms with van der Waals surface area (Å²) in [6.45, 7) is 2.50. The Labute approximate surface area is 167 Å². The van der Waals surface area contributed by atoms with E-state index in [9.17, 15) is 0 Å². The average Bonchev–Trinajstić information content (AvgIpc) is 3.42. The van der Waals surface area contributed by atoms with E-state index in [4.69, 9.17) is 14.6 Å². The maximum absolute atomic E-state index is 4.94. The topological polar surface area (TPSA) is 81.1 Å². The van der Waals surface area contributed by atoms with Crippen molar-refractivity contribution in [3.63, 3.8) is 0 Å². The Bertz CT molecular complexity index is 1260. The van der Waals surface area contributed by atoms with Crippen molar-refractivity contribution in [2.75, 3.05) is 5.32 Å². The van der Waals surface area contributed by atoms with Crippen LogP contribution in [0.15, 0.2) is 77.9 Å². The second-order valence-corrected chi connectivity index (χ2v) is 6.77. The Morgan fingerprint density at radius 2 is 1.93 bits per heavy atom. The Balaban J connectivity index is 1.66. The number of rotatable bonds is 5. The van der Waals surface area contributed by atoms with Gasteiger partial charge in [-0.2, -0.15) is 0 Å². The Kier molecular flexibility index (Phi) is 4.25. The van der Waals surface area contributed by atoms with Gasteiger partial charge in [-0.3, -0.25) is 4.98 Å². The molecule has 0 aliphatic rings. The summed E-state index contributed by atoms with van der Waals surface area (Å²) >= 11 is 0. The summed E-state index contributed by atoms with van der Waals surface area (Å²) in [4.78, 5) is 9.11. The first kappa shape index (κ1) is 17.1. The van der Waals surface area contributed by atoms with Gasteiger partial charge in [0.15, 0.2) is 11.6 Å². The minimum absolute atomic E-state index is 0.494. The number of fused-ring (bicyclic) bond motifs is 1. The van der Waals surface area contributed by atoms with Crippen molar-refractivity contribution in [2.45, 2.75) is 13.5 Å². The average molecular weight is 382 g/mol. The molecule has 1 N–H and O–H groups in total. The first-order valence-corrected chi connectivity index (χ1v) is 9.28. The lowest BCUT2D eigenvalue weighted by atomic mass is 10.1. The molecule has 0 fully saturated rings. The number of nitrogens with one attached hydrogen (secondary N) is 1. The van der Waals surface area contributed by atoms with Crippen molar-refractivity contribution >= 4 is 11.3 Å². The van der Waals surface area contributed by atoms with Crippen LogP contribution in [0.25, 0.3) is 28.0 Å². The number of benzene rings is 1. The van der Waals surface area contributed by atoms with Gasteiger partial charge in [0.25, 0.3) is 0 Å². The highest BCUT2D eigenvalue weighted by Gasteiger charge is 2.15. The number of aryl methyl sites for hydroxylation is 1. The van der Waals surface area contributed by atoms with Gasteiger partial charge in [0.2, 0.25) is 0 Å². The van der Waals surface area contributed by atoms with Gasteiger partial charge in [0.1, 0.15) is 17.5 Å². The molecule has 0 radical (unpaired) electrons. The van der Waals surface area contributed by atoms with Gasteiger partial charge in [0, 0.05) is 35.8 Å². The van der Waals surface area contributed by atoms with Gasteiger partial charge in [-0.15, -0.1) is 5.10 Å². The fourth-order valence-electron chi connectivity index (χ4n) is 3.30. The fourth-order valence-corrected chi connectivity index (χ4v) is 3.30. The van der Waals surface area contributed by atoms with Crippen molar-refractivity contribution in [1.29, 1.82) is 0 Å². The van der Waals surface area contributed by atoms with Gasteiger partial charge >= 0.3 is 0 Å². The second-order valence-electron chi connectivity index (χ2n) is 6.77. The highest BCUT2D eigenvalue weighted by Crippen LogP contribution is 2.31. The molecule has 0 spiro atoms. The molecule has 4 aromatic heterocycles. The van der Waals surface area contributed by atoms with Crippen LogP contribution in [-0.2, 0) is 6.54 Å². The lowest BCUT2D eigenvalue weighted by Gasteiger charge is -2.11. The molecule has 0 saturated heterocycles. The monoisotopic (exact) mass is 382 g/mol. The van der Waals surface area contributed by atoms with Gasteiger partial charge in [-0.05, 0) is 30.2 Å². The summed E-state index contributed by atoms with van der Waals surface area (Å²) in [5.74, 6) is 1.33. The van der Waals surface area contributed by atoms with E-state index in [1.165, 1.54) is 0 Å². The normalized spacial score (nSPS) is 11.1. The van der Waals surface area contributed by atoms with E-state index < -0.39 is 0 Å². The standard InChI is InChI=1S/C22H18N6O/c1-15-11-17(13-23-12-15)21-25-22(24-14-18-8-10-29-27-18)20-19(7-9-28(20)26-21)16-5-3-2-4-6-16/h2-13H,14H2,1H3,(H,24,25,26). The molecule has 142 valence electrons. The quantitative estimate of drug-likeness (QED) is 0.486. The van der Waals surface area contributed by atoms with Crippen molar-refractivity contribution in [3.8, 4) is 22.5 Å². The number of hydrogen-bond donors (Lipinski definition) is 1. The first-order chi connectivity index (χ1) is 14.3. The van der Waals surface area contributed by atoms with E-state index in [0.29, 0.717) is 12.4 Å². The summed E-state index contributed by atoms with van der Waals surface area (Å²) in [6.07, 6.45) is 7.10. The van der Waals surface area contributed by atoms with E-state index in [0.717, 1.165) is 39.3 Å². The van der Waals surface area contributed by atoms with Crippen LogP contribution in [0.5, 0.6) is 0 Å². The summed E-state index contributed by atoms with van der Waals surface area (Å²) in [6, 6.07) is 16.1. The van der Waals surface area contributed by atoms with Gasteiger partial charge in [-0.1, -0.05) is 35.5 Å². The summed E-state index contributed by atoms with van der Waals surface area (Å²) in [5, 5.41) is 12.1. The fraction of sp³-hybridized carbons (Fsp3) is 0.0909. The van der Waals surface area contributed by atoms with Gasteiger partial charge in [0.05, 0.1) is 6.54 Å². The number of aromatic nitrogens is 5. The van der Waals surface area contributed by atoms with E-state index in [-0.39, 0.29) is 0 Å². The molecule has 0 aliphatic carbocycles. The molecule has 0 atom stereocenters. The van der Waals surface area contributed by atoms with Crippen LogP contribution in [-0.4, -0.2) is 24.7 Å². The van der Waals surface area contributed by atoms with Crippen LogP contribution in [0, 0.1) is 6.92 Å². The zero-order valence-electron chi connectivity index (χ0n) is 15.8. The zero-order chi connectivity index (χ0) is 19.6. The molecule has 0 amide bonds. The smallest absolute Gasteiger partial charge is 0.183 e. The molecule has 5 aromatic rings. The summed E-state index contributed by atoms with van der Waals surface area (Å²) in [5.41, 5.74) is 5.79. The second kappa shape index (κ2) is 7.20. The third kappa shape index (κ3) is 3.34. The molecule has 0 saturated carbocycles. The summed E-state index contributed by atoms with van der Waals surface area (Å²) in [7, 11) is 0. The lowest BCUT2D eigenvalue weighted by molar-refractivity contribution is 0.412. The van der Waals surface area contributed by atoms with E-state index >= 15 is 0 Å². The van der Waals surface area contributed by atoms with Crippen LogP contribution in [0.4, 0.5) is 5.82 Å². The van der Waals surface area contributed by atoms with Crippen LogP contribution in [0.1, 0.15) is 11.3 Å². The molecule has 7 heteroatoms. The minimum Gasteiger partial charge on any atom is -0.364 e. The van der Waals surface area contributed by atoms with E-state index in [1.54, 1.807) is 12.5 Å². The van der Waals surface area contributed by atoms with Crippen molar-refractivity contribution in [2.24, 2.45) is 0 Å². The van der Waals surface area contributed by atoms with E-state index in [1.807, 2.05) is 54.2 Å². The molecular weight excluding hydrogens is 364 g/mol. The molecule has 0 unspecified atom stereocenters. The number of hydrogen-bond acceptors (Lipinski definition) is 6. The van der Waals surface area contributed by atoms with Crippen LogP contribution >= 0.6 is 0 Å². The van der Waals surface area contributed by atoms with Crippen LogP contribution in [0.3, 0.4) is 0 Å². The van der Waals surface area contributed by atoms with Crippen molar-refractivity contribution in [3.05, 3.63) is 84.6 Å². The maximum atomic E-state index is 4.94. The third-order valence-electron chi connectivity index (χ3n) is 4.66. The molecule has 29 heavy (non-hydrogen) atoms. The van der Waals surface area contributed by atoms with Gasteiger partial charge < -0.3 is 9.84 Å². The van der Waals surface area contributed by atoms with Crippen LogP contribution < -0.4 is 5.32 Å². The first-order valence-electron chi connectivity index (χ1n) is 9.28. The SMILES string of the molecule is Cc1cncc(-c2nc(NCc3ccon3)c3c(-c4ccccc4)ccn3n2)c1. The third-order valence-corrected chi connectivity index (χ3v) is 4.66. The van der Waals surface area contributed by atoms with E-state index in [2.05, 4.69) is 33.7 Å². The molecule has 1 aromatic carbocycles. The zero-order valence-corrected chi connectivity index (χ0v) is 15.8.